The average Bonchev–Trinajstić information content (AvgIpc) is 1.36. The Bertz CT molecular complexity index is 75.7. The van der Waals surface area contributed by atoms with E-state index in [1.54, 1.807) is 0 Å². The van der Waals surface area contributed by atoms with Gasteiger partial charge in [0.1, 0.15) is 0 Å². The largest absolute Gasteiger partial charge is 0.473 e. The summed E-state index contributed by atoms with van der Waals surface area (Å²) >= 11 is 0. The Kier molecular flexibility index (Phi) is 6.50. The summed E-state index contributed by atoms with van der Waals surface area (Å²) in [6.45, 7) is 0. The maximum Gasteiger partial charge on any atom is 0.414 e. The van der Waals surface area contributed by atoms with E-state index in [-0.39, 0.29) is 39.9 Å². The van der Waals surface area contributed by atoms with Crippen molar-refractivity contribution in [3.8, 4) is 0 Å². The van der Waals surface area contributed by atoms with Crippen molar-refractivity contribution in [1.29, 1.82) is 0 Å². The van der Waals surface area contributed by atoms with E-state index in [4.69, 9.17) is 19.8 Å². The van der Waals surface area contributed by atoms with Crippen molar-refractivity contribution in [2.24, 2.45) is 0 Å². The van der Waals surface area contributed by atoms with Crippen LogP contribution in [-0.2, 0) is 9.59 Å². The third-order valence-corrected chi connectivity index (χ3v) is 0.183. The molecule has 0 saturated heterocycles. The zero-order valence-electron chi connectivity index (χ0n) is 3.06. The van der Waals surface area contributed by atoms with Crippen LogP contribution in [0.5, 0.6) is 0 Å². The van der Waals surface area contributed by atoms with Gasteiger partial charge in [0.15, 0.2) is 0 Å². The number of aliphatic carboxylic acids is 2. The fraction of sp³-hybridized carbons (Fsp3) is 0. The average molecular weight is 247 g/mol. The zero-order chi connectivity index (χ0) is 5.15. The Balaban J connectivity index is 0. The monoisotopic (exact) mass is 248 g/mol. The van der Waals surface area contributed by atoms with Crippen molar-refractivity contribution in [3.63, 3.8) is 0 Å². The van der Waals surface area contributed by atoms with Crippen LogP contribution in [0.3, 0.4) is 0 Å². The first kappa shape index (κ1) is 10.3. The van der Waals surface area contributed by atoms with Crippen LogP contribution in [0.4, 0.5) is 0 Å². The standard InChI is InChI=1S/C2H2O4.Gd/c3-1(4)2(5)6;/h(H,3,4)(H,5,6);. The van der Waals surface area contributed by atoms with Gasteiger partial charge in [-0.2, -0.15) is 0 Å². The molecule has 5 heteroatoms. The minimum Gasteiger partial charge on any atom is -0.473 e. The molecule has 0 aliphatic heterocycles. The normalized spacial score (nSPS) is 6.29. The molecule has 7 heavy (non-hydrogen) atoms. The Labute approximate surface area is 71.2 Å². The molecule has 0 amide bonds. The molecule has 0 spiro atoms. The molecular weight excluding hydrogens is 245 g/mol. The van der Waals surface area contributed by atoms with Crippen molar-refractivity contribution in [2.45, 2.75) is 0 Å². The van der Waals surface area contributed by atoms with Gasteiger partial charge >= 0.3 is 11.9 Å². The third kappa shape index (κ3) is 6.26. The van der Waals surface area contributed by atoms with E-state index in [9.17, 15) is 0 Å². The summed E-state index contributed by atoms with van der Waals surface area (Å²) in [6.07, 6.45) is 0. The topological polar surface area (TPSA) is 74.6 Å². The maximum atomic E-state index is 9.10. The minimum absolute atomic E-state index is 0. The molecule has 4 nitrogen and oxygen atoms in total. The van der Waals surface area contributed by atoms with Crippen LogP contribution in [0.2, 0.25) is 0 Å². The molecule has 0 saturated carbocycles. The summed E-state index contributed by atoms with van der Waals surface area (Å²) in [5.41, 5.74) is 0. The van der Waals surface area contributed by atoms with E-state index in [0.717, 1.165) is 0 Å². The molecule has 0 fully saturated rings. The van der Waals surface area contributed by atoms with Crippen LogP contribution in [0, 0.1) is 39.9 Å². The summed E-state index contributed by atoms with van der Waals surface area (Å²) in [6, 6.07) is 0. The second kappa shape index (κ2) is 4.42. The predicted molar refractivity (Wildman–Crippen MR) is 15.3 cm³/mol. The molecule has 0 aliphatic carbocycles. The Morgan fingerprint density at radius 2 is 1.14 bits per heavy atom. The van der Waals surface area contributed by atoms with Gasteiger partial charge in [-0.25, -0.2) is 9.59 Å². The zero-order valence-corrected chi connectivity index (χ0v) is 5.33. The number of hydrogen-bond donors (Lipinski definition) is 2. The number of rotatable bonds is 0. The van der Waals surface area contributed by atoms with Crippen LogP contribution in [0.15, 0.2) is 0 Å². The molecule has 0 atom stereocenters. The quantitative estimate of drug-likeness (QED) is 0.547. The Morgan fingerprint density at radius 3 is 1.14 bits per heavy atom. The fourth-order valence-corrected chi connectivity index (χ4v) is 0. The predicted octanol–water partition coefficient (Wildman–Crippen LogP) is -0.844. The van der Waals surface area contributed by atoms with Gasteiger partial charge in [-0.15, -0.1) is 0 Å². The van der Waals surface area contributed by atoms with E-state index in [1.807, 2.05) is 0 Å². The number of carbonyl (C=O) groups is 2. The number of carboxylic acid groups (broad SMARTS) is 2. The van der Waals surface area contributed by atoms with Crippen LogP contribution in [-0.4, -0.2) is 22.2 Å². The second-order valence-electron chi connectivity index (χ2n) is 0.610. The first-order valence-corrected chi connectivity index (χ1v) is 1.11. The van der Waals surface area contributed by atoms with E-state index >= 15 is 0 Å². The smallest absolute Gasteiger partial charge is 0.414 e. The molecule has 0 aromatic rings. The summed E-state index contributed by atoms with van der Waals surface area (Å²) in [4.78, 5) is 18.2. The molecule has 0 radical (unpaired) electrons. The Hall–Kier alpha value is 0.265. The van der Waals surface area contributed by atoms with Gasteiger partial charge in [-0.3, -0.25) is 0 Å². The molecule has 0 heterocycles. The molecule has 0 rings (SSSR count). The van der Waals surface area contributed by atoms with Crippen molar-refractivity contribution in [3.05, 3.63) is 0 Å². The van der Waals surface area contributed by atoms with Gasteiger partial charge < -0.3 is 10.2 Å². The first-order chi connectivity index (χ1) is 2.64. The molecule has 0 aromatic carbocycles. The van der Waals surface area contributed by atoms with Crippen LogP contribution < -0.4 is 0 Å². The molecule has 0 aromatic heterocycles. The number of hydrogen-bond acceptors (Lipinski definition) is 2. The SMILES string of the molecule is O=C(O)C(=O)O.[Gd]. The third-order valence-electron chi connectivity index (χ3n) is 0.183. The van der Waals surface area contributed by atoms with Gasteiger partial charge in [0.25, 0.3) is 0 Å². The van der Waals surface area contributed by atoms with Gasteiger partial charge in [-0.05, 0) is 0 Å². The summed E-state index contributed by atoms with van der Waals surface area (Å²) in [5.74, 6) is -3.65. The molecule has 0 unspecified atom stereocenters. The van der Waals surface area contributed by atoms with Crippen LogP contribution >= 0.6 is 0 Å². The van der Waals surface area contributed by atoms with Gasteiger partial charge in [0.2, 0.25) is 0 Å². The van der Waals surface area contributed by atoms with Crippen LogP contribution in [0.25, 0.3) is 0 Å². The van der Waals surface area contributed by atoms with E-state index < -0.39 is 11.9 Å². The Morgan fingerprint density at radius 1 is 1.00 bits per heavy atom. The summed E-state index contributed by atoms with van der Waals surface area (Å²) < 4.78 is 0. The minimum atomic E-state index is -1.82. The first-order valence-electron chi connectivity index (χ1n) is 1.11. The van der Waals surface area contributed by atoms with Gasteiger partial charge in [0.05, 0.1) is 0 Å². The van der Waals surface area contributed by atoms with E-state index in [1.165, 1.54) is 0 Å². The number of carboxylic acids is 2. The van der Waals surface area contributed by atoms with Crippen molar-refractivity contribution < 1.29 is 59.7 Å². The summed E-state index contributed by atoms with van der Waals surface area (Å²) in [7, 11) is 0. The van der Waals surface area contributed by atoms with Gasteiger partial charge in [0, 0.05) is 39.9 Å². The van der Waals surface area contributed by atoms with Crippen molar-refractivity contribution >= 4 is 11.9 Å². The fourth-order valence-electron chi connectivity index (χ4n) is 0. The maximum absolute atomic E-state index is 9.10. The molecule has 2 N–H and O–H groups in total. The molecule has 0 aliphatic rings. The second-order valence-corrected chi connectivity index (χ2v) is 0.610. The van der Waals surface area contributed by atoms with Crippen molar-refractivity contribution in [2.75, 3.05) is 0 Å². The molecule has 42 valence electrons. The van der Waals surface area contributed by atoms with Gasteiger partial charge in [-0.1, -0.05) is 0 Å². The molecular formula is C2H2GdO4. The van der Waals surface area contributed by atoms with E-state index in [0.29, 0.717) is 0 Å². The van der Waals surface area contributed by atoms with Crippen molar-refractivity contribution in [1.82, 2.24) is 0 Å². The summed E-state index contributed by atoms with van der Waals surface area (Å²) in [5, 5.41) is 14.8. The van der Waals surface area contributed by atoms with Crippen LogP contribution in [0.1, 0.15) is 0 Å². The van der Waals surface area contributed by atoms with E-state index in [2.05, 4.69) is 0 Å². The molecule has 0 bridgehead atoms.